The highest BCUT2D eigenvalue weighted by molar-refractivity contribution is 9.10. The summed E-state index contributed by atoms with van der Waals surface area (Å²) >= 11 is 3.48. The van der Waals surface area contributed by atoms with Gasteiger partial charge in [0.2, 0.25) is 5.91 Å². The first-order chi connectivity index (χ1) is 15.3. The third-order valence-corrected chi connectivity index (χ3v) is 6.19. The van der Waals surface area contributed by atoms with Gasteiger partial charge in [0.1, 0.15) is 12.1 Å². The molecule has 2 aromatic carbocycles. The number of fused-ring (bicyclic) bond motifs is 1. The Bertz CT molecular complexity index is 994. The molecule has 172 valence electrons. The molecule has 7 nitrogen and oxygen atoms in total. The molecule has 1 aliphatic heterocycles. The number of carbonyl (C=O) groups excluding carboxylic acids is 3. The largest absolute Gasteiger partial charge is 0.464 e. The van der Waals surface area contributed by atoms with E-state index in [-0.39, 0.29) is 18.4 Å². The standard InChI is InChI=1S/C24H29BrN2O5/c1-15(2)21(26-24(30)31-3)22(28)27-11-4-5-20(27)23(29)32-12-10-16-6-7-18-14-19(25)9-8-17(18)13-16/h6-9,13-15,20-21H,4-5,10-12H2,1-3H3,(H,26,30)/t20?,21-/m0/s1. The molecule has 1 N–H and O–H groups in total. The average molecular weight is 505 g/mol. The fourth-order valence-electron chi connectivity index (χ4n) is 3.94. The third-order valence-electron chi connectivity index (χ3n) is 5.70. The van der Waals surface area contributed by atoms with Gasteiger partial charge in [0.25, 0.3) is 0 Å². The van der Waals surface area contributed by atoms with Gasteiger partial charge in [0.05, 0.1) is 13.7 Å². The highest BCUT2D eigenvalue weighted by atomic mass is 79.9. The zero-order valence-electron chi connectivity index (χ0n) is 18.6. The predicted octanol–water partition coefficient (Wildman–Crippen LogP) is 4.06. The Morgan fingerprint density at radius 3 is 2.59 bits per heavy atom. The molecular formula is C24H29BrN2O5. The third kappa shape index (κ3) is 5.79. The van der Waals surface area contributed by atoms with Crippen molar-refractivity contribution in [2.45, 2.75) is 45.2 Å². The molecule has 32 heavy (non-hydrogen) atoms. The maximum atomic E-state index is 13.0. The summed E-state index contributed by atoms with van der Waals surface area (Å²) in [6.07, 6.45) is 1.20. The lowest BCUT2D eigenvalue weighted by atomic mass is 10.0. The van der Waals surface area contributed by atoms with E-state index in [1.54, 1.807) is 0 Å². The molecule has 2 aromatic rings. The first kappa shape index (κ1) is 24.0. The molecule has 0 aromatic heterocycles. The van der Waals surface area contributed by atoms with Crippen molar-refractivity contribution < 1.29 is 23.9 Å². The minimum Gasteiger partial charge on any atom is -0.464 e. The molecule has 2 amide bonds. The number of benzene rings is 2. The highest BCUT2D eigenvalue weighted by Gasteiger charge is 2.39. The zero-order valence-corrected chi connectivity index (χ0v) is 20.2. The van der Waals surface area contributed by atoms with Gasteiger partial charge >= 0.3 is 12.1 Å². The van der Waals surface area contributed by atoms with E-state index in [1.807, 2.05) is 32.0 Å². The minimum atomic E-state index is -0.756. The van der Waals surface area contributed by atoms with E-state index in [0.29, 0.717) is 19.4 Å². The number of nitrogens with one attached hydrogen (secondary N) is 1. The van der Waals surface area contributed by atoms with Crippen LogP contribution in [0.2, 0.25) is 0 Å². The molecule has 0 spiro atoms. The van der Waals surface area contributed by atoms with Crippen LogP contribution in [0.1, 0.15) is 32.3 Å². The maximum Gasteiger partial charge on any atom is 0.407 e. The molecule has 0 radical (unpaired) electrons. The molecule has 0 aliphatic carbocycles. The molecular weight excluding hydrogens is 476 g/mol. The molecule has 8 heteroatoms. The van der Waals surface area contributed by atoms with E-state index in [9.17, 15) is 14.4 Å². The normalized spacial score (nSPS) is 16.8. The second-order valence-corrected chi connectivity index (χ2v) is 9.21. The number of ether oxygens (including phenoxy) is 2. The van der Waals surface area contributed by atoms with Gasteiger partial charge in [-0.25, -0.2) is 9.59 Å². The quantitative estimate of drug-likeness (QED) is 0.574. The molecule has 1 aliphatic rings. The van der Waals surface area contributed by atoms with Crippen molar-refractivity contribution in [3.8, 4) is 0 Å². The lowest BCUT2D eigenvalue weighted by Gasteiger charge is -2.29. The van der Waals surface area contributed by atoms with Gasteiger partial charge < -0.3 is 19.7 Å². The predicted molar refractivity (Wildman–Crippen MR) is 125 cm³/mol. The molecule has 2 atom stereocenters. The zero-order chi connectivity index (χ0) is 23.3. The number of alkyl carbamates (subject to hydrolysis) is 1. The smallest absolute Gasteiger partial charge is 0.407 e. The van der Waals surface area contributed by atoms with Crippen LogP contribution in [0.4, 0.5) is 4.79 Å². The SMILES string of the molecule is COC(=O)N[C@H](C(=O)N1CCCC1C(=O)OCCc1ccc2cc(Br)ccc2c1)C(C)C. The summed E-state index contributed by atoms with van der Waals surface area (Å²) in [7, 11) is 1.25. The van der Waals surface area contributed by atoms with Crippen LogP contribution >= 0.6 is 15.9 Å². The van der Waals surface area contributed by atoms with Crippen LogP contribution in [0.5, 0.6) is 0 Å². The number of nitrogens with zero attached hydrogens (tertiary/aromatic N) is 1. The van der Waals surface area contributed by atoms with Gasteiger partial charge in [-0.05, 0) is 47.2 Å². The first-order valence-electron chi connectivity index (χ1n) is 10.8. The summed E-state index contributed by atoms with van der Waals surface area (Å²) in [5.41, 5.74) is 1.08. The monoisotopic (exact) mass is 504 g/mol. The van der Waals surface area contributed by atoms with E-state index in [4.69, 9.17) is 4.74 Å². The van der Waals surface area contributed by atoms with Gasteiger partial charge in [0, 0.05) is 17.4 Å². The number of amides is 2. The fourth-order valence-corrected chi connectivity index (χ4v) is 4.32. The Morgan fingerprint density at radius 1 is 1.16 bits per heavy atom. The molecule has 0 saturated carbocycles. The van der Waals surface area contributed by atoms with Gasteiger partial charge in [-0.1, -0.05) is 54.0 Å². The Morgan fingerprint density at radius 2 is 1.88 bits per heavy atom. The number of esters is 1. The van der Waals surface area contributed by atoms with Gasteiger partial charge in [-0.2, -0.15) is 0 Å². The Labute approximate surface area is 196 Å². The van der Waals surface area contributed by atoms with Gasteiger partial charge in [-0.15, -0.1) is 0 Å². The van der Waals surface area contributed by atoms with Crippen LogP contribution in [0.25, 0.3) is 10.8 Å². The summed E-state index contributed by atoms with van der Waals surface area (Å²) in [4.78, 5) is 38.9. The molecule has 1 fully saturated rings. The van der Waals surface area contributed by atoms with Crippen LogP contribution in [-0.2, 0) is 25.5 Å². The number of hydrogen-bond acceptors (Lipinski definition) is 5. The van der Waals surface area contributed by atoms with Gasteiger partial charge in [0.15, 0.2) is 0 Å². The number of methoxy groups -OCH3 is 1. The summed E-state index contributed by atoms with van der Waals surface area (Å²) < 4.78 is 11.2. The molecule has 0 bridgehead atoms. The van der Waals surface area contributed by atoms with Crippen LogP contribution < -0.4 is 5.32 Å². The topological polar surface area (TPSA) is 84.9 Å². The van der Waals surface area contributed by atoms with Crippen molar-refractivity contribution in [2.24, 2.45) is 5.92 Å². The van der Waals surface area contributed by atoms with Crippen LogP contribution in [0, 0.1) is 5.92 Å². The van der Waals surface area contributed by atoms with E-state index >= 15 is 0 Å². The van der Waals surface area contributed by atoms with E-state index < -0.39 is 24.1 Å². The van der Waals surface area contributed by atoms with Crippen molar-refractivity contribution in [1.29, 1.82) is 0 Å². The molecule has 3 rings (SSSR count). The molecule has 1 heterocycles. The number of halogens is 1. The number of hydrogen-bond donors (Lipinski definition) is 1. The van der Waals surface area contributed by atoms with Crippen molar-refractivity contribution in [2.75, 3.05) is 20.3 Å². The van der Waals surface area contributed by atoms with Crippen molar-refractivity contribution in [3.63, 3.8) is 0 Å². The summed E-state index contributed by atoms with van der Waals surface area (Å²) in [5.74, 6) is -0.834. The number of likely N-dealkylation sites (tertiary alicyclic amines) is 1. The van der Waals surface area contributed by atoms with Crippen LogP contribution in [-0.4, -0.2) is 55.2 Å². The summed E-state index contributed by atoms with van der Waals surface area (Å²) in [5, 5.41) is 4.84. The second kappa shape index (κ2) is 10.8. The second-order valence-electron chi connectivity index (χ2n) is 8.29. The highest BCUT2D eigenvalue weighted by Crippen LogP contribution is 2.23. The van der Waals surface area contributed by atoms with Crippen LogP contribution in [0.15, 0.2) is 40.9 Å². The van der Waals surface area contributed by atoms with Gasteiger partial charge in [-0.3, -0.25) is 4.79 Å². The minimum absolute atomic E-state index is 0.146. The average Bonchev–Trinajstić information content (AvgIpc) is 3.26. The first-order valence-corrected chi connectivity index (χ1v) is 11.6. The van der Waals surface area contributed by atoms with Crippen molar-refractivity contribution in [1.82, 2.24) is 10.2 Å². The Kier molecular flexibility index (Phi) is 8.12. The fraction of sp³-hybridized carbons (Fsp3) is 0.458. The Hall–Kier alpha value is -2.61. The maximum absolute atomic E-state index is 13.0. The van der Waals surface area contributed by atoms with Crippen LogP contribution in [0.3, 0.4) is 0 Å². The number of carbonyl (C=O) groups is 3. The number of rotatable bonds is 7. The van der Waals surface area contributed by atoms with Crippen molar-refractivity contribution in [3.05, 3.63) is 46.4 Å². The Balaban J connectivity index is 1.58. The lowest BCUT2D eigenvalue weighted by Crippen LogP contribution is -2.54. The van der Waals surface area contributed by atoms with E-state index in [0.717, 1.165) is 27.2 Å². The lowest BCUT2D eigenvalue weighted by molar-refractivity contribution is -0.154. The van der Waals surface area contributed by atoms with E-state index in [1.165, 1.54) is 12.0 Å². The van der Waals surface area contributed by atoms with Crippen molar-refractivity contribution >= 4 is 44.7 Å². The molecule has 1 unspecified atom stereocenters. The van der Waals surface area contributed by atoms with E-state index in [2.05, 4.69) is 44.2 Å². The summed E-state index contributed by atoms with van der Waals surface area (Å²) in [6, 6.07) is 10.9. The molecule has 1 saturated heterocycles. The summed E-state index contributed by atoms with van der Waals surface area (Å²) in [6.45, 7) is 4.38.